The van der Waals surface area contributed by atoms with Crippen molar-refractivity contribution in [2.75, 3.05) is 5.32 Å². The molecule has 0 saturated heterocycles. The van der Waals surface area contributed by atoms with Gasteiger partial charge in [0.1, 0.15) is 5.75 Å². The lowest BCUT2D eigenvalue weighted by atomic mass is 10.1. The smallest absolute Gasteiger partial charge is 0.259 e. The van der Waals surface area contributed by atoms with E-state index in [1.54, 1.807) is 18.2 Å². The molecule has 0 unspecified atom stereocenters. The molecule has 4 N–H and O–H groups in total. The highest BCUT2D eigenvalue weighted by Gasteiger charge is 2.12. The first-order chi connectivity index (χ1) is 9.11. The molecule has 98 valence electrons. The van der Waals surface area contributed by atoms with E-state index in [4.69, 9.17) is 17.3 Å². The molecule has 4 nitrogen and oxygen atoms in total. The van der Waals surface area contributed by atoms with Crippen LogP contribution in [-0.4, -0.2) is 11.0 Å². The van der Waals surface area contributed by atoms with Gasteiger partial charge in [-0.05, 0) is 29.8 Å². The van der Waals surface area contributed by atoms with Gasteiger partial charge in [0.25, 0.3) is 5.91 Å². The van der Waals surface area contributed by atoms with Gasteiger partial charge in [-0.3, -0.25) is 4.79 Å². The summed E-state index contributed by atoms with van der Waals surface area (Å²) in [4.78, 5) is 12.1. The van der Waals surface area contributed by atoms with E-state index in [0.29, 0.717) is 17.3 Å². The lowest BCUT2D eigenvalue weighted by Crippen LogP contribution is -2.14. The first kappa shape index (κ1) is 13.4. The van der Waals surface area contributed by atoms with Crippen LogP contribution in [0.15, 0.2) is 42.5 Å². The van der Waals surface area contributed by atoms with Crippen LogP contribution in [-0.2, 0) is 6.54 Å². The quantitative estimate of drug-likeness (QED) is 0.807. The first-order valence-corrected chi connectivity index (χ1v) is 6.07. The Labute approximate surface area is 115 Å². The number of rotatable bonds is 3. The molecule has 0 aliphatic heterocycles. The predicted octanol–water partition coefficient (Wildman–Crippen LogP) is 2.76. The molecule has 5 heteroatoms. The second kappa shape index (κ2) is 5.73. The van der Waals surface area contributed by atoms with Gasteiger partial charge < -0.3 is 16.2 Å². The van der Waals surface area contributed by atoms with Crippen LogP contribution in [0, 0.1) is 0 Å². The number of anilines is 1. The molecule has 0 fully saturated rings. The lowest BCUT2D eigenvalue weighted by molar-refractivity contribution is 0.102. The summed E-state index contributed by atoms with van der Waals surface area (Å²) in [5.41, 5.74) is 7.21. The maximum atomic E-state index is 12.1. The van der Waals surface area contributed by atoms with Crippen LogP contribution in [0.3, 0.4) is 0 Å². The van der Waals surface area contributed by atoms with Crippen molar-refractivity contribution in [3.8, 4) is 5.75 Å². The molecule has 0 bridgehead atoms. The van der Waals surface area contributed by atoms with Crippen LogP contribution in [0.4, 0.5) is 5.69 Å². The van der Waals surface area contributed by atoms with Crippen LogP contribution < -0.4 is 11.1 Å². The van der Waals surface area contributed by atoms with Gasteiger partial charge in [-0.2, -0.15) is 0 Å². The summed E-state index contributed by atoms with van der Waals surface area (Å²) in [6.45, 7) is 0.322. The highest BCUT2D eigenvalue weighted by molar-refractivity contribution is 6.31. The van der Waals surface area contributed by atoms with Gasteiger partial charge in [0, 0.05) is 17.3 Å². The maximum Gasteiger partial charge on any atom is 0.259 e. The molecule has 0 heterocycles. The summed E-state index contributed by atoms with van der Waals surface area (Å²) >= 11 is 5.72. The number of halogens is 1. The number of phenols is 1. The fraction of sp³-hybridized carbons (Fsp3) is 0.0714. The molecule has 2 aromatic rings. The van der Waals surface area contributed by atoms with Crippen molar-refractivity contribution < 1.29 is 9.90 Å². The van der Waals surface area contributed by atoms with Gasteiger partial charge in [-0.1, -0.05) is 29.8 Å². The third-order valence-electron chi connectivity index (χ3n) is 2.69. The highest BCUT2D eigenvalue weighted by atomic mass is 35.5. The Balaban J connectivity index is 2.26. The zero-order valence-electron chi connectivity index (χ0n) is 10.1. The van der Waals surface area contributed by atoms with E-state index >= 15 is 0 Å². The Morgan fingerprint density at radius 2 is 2.00 bits per heavy atom. The number of aromatic hydroxyl groups is 1. The monoisotopic (exact) mass is 276 g/mol. The van der Waals surface area contributed by atoms with E-state index in [-0.39, 0.29) is 11.3 Å². The molecule has 0 saturated carbocycles. The second-order valence-corrected chi connectivity index (χ2v) is 4.41. The Kier molecular flexibility index (Phi) is 4.04. The van der Waals surface area contributed by atoms with Gasteiger partial charge >= 0.3 is 0 Å². The molecule has 0 atom stereocenters. The molecule has 0 aliphatic carbocycles. The molecule has 0 aliphatic rings. The van der Waals surface area contributed by atoms with Gasteiger partial charge in [-0.25, -0.2) is 0 Å². The molecule has 0 spiro atoms. The van der Waals surface area contributed by atoms with Crippen LogP contribution in [0.5, 0.6) is 5.75 Å². The van der Waals surface area contributed by atoms with Crippen molar-refractivity contribution in [1.29, 1.82) is 0 Å². The number of benzene rings is 2. The Morgan fingerprint density at radius 1 is 1.26 bits per heavy atom. The predicted molar refractivity (Wildman–Crippen MR) is 75.4 cm³/mol. The van der Waals surface area contributed by atoms with E-state index in [9.17, 15) is 9.90 Å². The number of amides is 1. The second-order valence-electron chi connectivity index (χ2n) is 3.98. The lowest BCUT2D eigenvalue weighted by Gasteiger charge is -2.10. The van der Waals surface area contributed by atoms with E-state index in [0.717, 1.165) is 5.56 Å². The van der Waals surface area contributed by atoms with Crippen molar-refractivity contribution in [1.82, 2.24) is 0 Å². The minimum Gasteiger partial charge on any atom is -0.507 e. The van der Waals surface area contributed by atoms with E-state index < -0.39 is 5.91 Å². The van der Waals surface area contributed by atoms with Crippen molar-refractivity contribution >= 4 is 23.2 Å². The number of nitrogens with two attached hydrogens (primary N) is 1. The summed E-state index contributed by atoms with van der Waals surface area (Å²) in [7, 11) is 0. The highest BCUT2D eigenvalue weighted by Crippen LogP contribution is 2.23. The van der Waals surface area contributed by atoms with Gasteiger partial charge in [0.2, 0.25) is 0 Å². The largest absolute Gasteiger partial charge is 0.507 e. The molecule has 0 aromatic heterocycles. The topological polar surface area (TPSA) is 75.3 Å². The van der Waals surface area contributed by atoms with Crippen LogP contribution in [0.1, 0.15) is 15.9 Å². The summed E-state index contributed by atoms with van der Waals surface area (Å²) in [6, 6.07) is 11.6. The summed E-state index contributed by atoms with van der Waals surface area (Å²) < 4.78 is 0. The number of hydrogen-bond donors (Lipinski definition) is 3. The average molecular weight is 277 g/mol. The van der Waals surface area contributed by atoms with Crippen molar-refractivity contribution in [3.63, 3.8) is 0 Å². The Hall–Kier alpha value is -2.04. The van der Waals surface area contributed by atoms with Crippen molar-refractivity contribution in [2.45, 2.75) is 6.54 Å². The SMILES string of the molecule is NCc1ccccc1NC(=O)c1ccc(Cl)cc1O. The summed E-state index contributed by atoms with van der Waals surface area (Å²) in [5, 5.41) is 12.8. The average Bonchev–Trinajstić information content (AvgIpc) is 2.39. The number of nitrogens with one attached hydrogen (secondary N) is 1. The molecular weight excluding hydrogens is 264 g/mol. The van der Waals surface area contributed by atoms with E-state index in [1.165, 1.54) is 12.1 Å². The third kappa shape index (κ3) is 3.05. The summed E-state index contributed by atoms with van der Waals surface area (Å²) in [5.74, 6) is -0.565. The van der Waals surface area contributed by atoms with Crippen LogP contribution in [0.2, 0.25) is 5.02 Å². The number of carbonyl (C=O) groups is 1. The van der Waals surface area contributed by atoms with Gasteiger partial charge in [0.05, 0.1) is 5.56 Å². The third-order valence-corrected chi connectivity index (χ3v) is 2.92. The molecule has 2 aromatic carbocycles. The van der Waals surface area contributed by atoms with Crippen LogP contribution >= 0.6 is 11.6 Å². The number of para-hydroxylation sites is 1. The molecule has 0 radical (unpaired) electrons. The number of carbonyl (C=O) groups excluding carboxylic acids is 1. The fourth-order valence-electron chi connectivity index (χ4n) is 1.71. The van der Waals surface area contributed by atoms with E-state index in [2.05, 4.69) is 5.32 Å². The zero-order chi connectivity index (χ0) is 13.8. The standard InChI is InChI=1S/C14H13ClN2O2/c15-10-5-6-11(13(18)7-10)14(19)17-12-4-2-1-3-9(12)8-16/h1-7,18H,8,16H2,(H,17,19). The maximum absolute atomic E-state index is 12.1. The van der Waals surface area contributed by atoms with Crippen molar-refractivity contribution in [3.05, 3.63) is 58.6 Å². The Bertz CT molecular complexity index is 614. The van der Waals surface area contributed by atoms with Crippen molar-refractivity contribution in [2.24, 2.45) is 5.73 Å². The fourth-order valence-corrected chi connectivity index (χ4v) is 1.87. The van der Waals surface area contributed by atoms with Gasteiger partial charge in [0.15, 0.2) is 0 Å². The molecule has 19 heavy (non-hydrogen) atoms. The first-order valence-electron chi connectivity index (χ1n) is 5.69. The van der Waals surface area contributed by atoms with E-state index in [1.807, 2.05) is 12.1 Å². The zero-order valence-corrected chi connectivity index (χ0v) is 10.8. The molecular formula is C14H13ClN2O2. The Morgan fingerprint density at radius 3 is 2.68 bits per heavy atom. The minimum absolute atomic E-state index is 0.157. The number of hydrogen-bond acceptors (Lipinski definition) is 3. The van der Waals surface area contributed by atoms with Crippen LogP contribution in [0.25, 0.3) is 0 Å². The normalized spacial score (nSPS) is 10.2. The molecule has 1 amide bonds. The molecule has 2 rings (SSSR count). The number of phenolic OH excluding ortho intramolecular Hbond substituents is 1. The summed E-state index contributed by atoms with van der Waals surface area (Å²) in [6.07, 6.45) is 0. The minimum atomic E-state index is -0.407. The van der Waals surface area contributed by atoms with Gasteiger partial charge in [-0.15, -0.1) is 0 Å².